The third-order valence-corrected chi connectivity index (χ3v) is 3.89. The molecule has 1 atom stereocenters. The predicted molar refractivity (Wildman–Crippen MR) is 82.3 cm³/mol. The van der Waals surface area contributed by atoms with E-state index in [0.717, 1.165) is 42.7 Å². The normalized spacial score (nSPS) is 19.0. The summed E-state index contributed by atoms with van der Waals surface area (Å²) in [5, 5.41) is 12.0. The van der Waals surface area contributed by atoms with Gasteiger partial charge < -0.3 is 14.6 Å². The quantitative estimate of drug-likeness (QED) is 0.935. The molecule has 1 fully saturated rings. The zero-order valence-corrected chi connectivity index (χ0v) is 12.7. The van der Waals surface area contributed by atoms with E-state index in [1.807, 2.05) is 32.0 Å². The van der Waals surface area contributed by atoms with Gasteiger partial charge in [-0.2, -0.15) is 5.10 Å². The Morgan fingerprint density at radius 1 is 1.24 bits per heavy atom. The first-order valence-electron chi connectivity index (χ1n) is 7.55. The summed E-state index contributed by atoms with van der Waals surface area (Å²) in [6.07, 6.45) is 2.36. The van der Waals surface area contributed by atoms with Gasteiger partial charge in [-0.3, -0.25) is 0 Å². The highest BCUT2D eigenvalue weighted by atomic mass is 16.3. The number of rotatable bonds is 4. The molecule has 1 aliphatic rings. The largest absolute Gasteiger partial charge is 0.465 e. The zero-order valence-electron chi connectivity index (χ0n) is 12.7. The van der Waals surface area contributed by atoms with Gasteiger partial charge >= 0.3 is 0 Å². The molecule has 1 aliphatic heterocycles. The van der Waals surface area contributed by atoms with Crippen molar-refractivity contribution in [3.63, 3.8) is 0 Å². The van der Waals surface area contributed by atoms with Crippen molar-refractivity contribution in [2.45, 2.75) is 39.3 Å². The van der Waals surface area contributed by atoms with E-state index in [1.165, 1.54) is 12.8 Å². The fourth-order valence-corrected chi connectivity index (χ4v) is 2.74. The minimum Gasteiger partial charge on any atom is -0.465 e. The second-order valence-electron chi connectivity index (χ2n) is 5.71. The molecule has 0 aliphatic carbocycles. The average Bonchev–Trinajstić information content (AvgIpc) is 2.92. The Labute approximate surface area is 125 Å². The van der Waals surface area contributed by atoms with Crippen molar-refractivity contribution in [2.24, 2.45) is 0 Å². The van der Waals surface area contributed by atoms with Crippen molar-refractivity contribution in [3.8, 4) is 0 Å². The minimum atomic E-state index is 0.465. The van der Waals surface area contributed by atoms with Gasteiger partial charge in [0.1, 0.15) is 11.5 Å². The van der Waals surface area contributed by atoms with Gasteiger partial charge in [0.05, 0.1) is 12.2 Å². The van der Waals surface area contributed by atoms with E-state index in [4.69, 9.17) is 4.42 Å². The van der Waals surface area contributed by atoms with Crippen molar-refractivity contribution in [2.75, 3.05) is 18.0 Å². The van der Waals surface area contributed by atoms with Crippen LogP contribution in [-0.2, 0) is 6.54 Å². The van der Waals surface area contributed by atoms with Crippen LogP contribution in [0.4, 0.5) is 5.82 Å². The summed E-state index contributed by atoms with van der Waals surface area (Å²) >= 11 is 0. The van der Waals surface area contributed by atoms with Gasteiger partial charge in [0.15, 0.2) is 5.82 Å². The number of aromatic nitrogens is 2. The number of hydrogen-bond donors (Lipinski definition) is 1. The van der Waals surface area contributed by atoms with Crippen LogP contribution in [-0.4, -0.2) is 29.3 Å². The number of nitrogens with one attached hydrogen (secondary N) is 1. The number of hydrogen-bond acceptors (Lipinski definition) is 5. The summed E-state index contributed by atoms with van der Waals surface area (Å²) in [7, 11) is 0. The molecule has 3 rings (SSSR count). The first-order chi connectivity index (χ1) is 10.2. The molecule has 21 heavy (non-hydrogen) atoms. The number of nitrogens with zero attached hydrogens (tertiary/aromatic N) is 3. The standard InChI is InChI=1S/C16H22N4O/c1-12-5-8-16(19-18-12)20-9-3-4-14(11-20)17-10-15-7-6-13(2)21-15/h5-8,14,17H,3-4,9-11H2,1-2H3/t14-/m1/s1. The maximum absolute atomic E-state index is 5.60. The smallest absolute Gasteiger partial charge is 0.151 e. The van der Waals surface area contributed by atoms with Gasteiger partial charge in [0.25, 0.3) is 0 Å². The third kappa shape index (κ3) is 3.61. The van der Waals surface area contributed by atoms with Crippen LogP contribution in [0.3, 0.4) is 0 Å². The second kappa shape index (κ2) is 6.26. The fraction of sp³-hybridized carbons (Fsp3) is 0.500. The van der Waals surface area contributed by atoms with Gasteiger partial charge in [-0.15, -0.1) is 5.10 Å². The molecule has 1 saturated heterocycles. The molecule has 0 aromatic carbocycles. The van der Waals surface area contributed by atoms with Crippen molar-refractivity contribution >= 4 is 5.82 Å². The maximum atomic E-state index is 5.60. The molecule has 0 unspecified atom stereocenters. The average molecular weight is 286 g/mol. The minimum absolute atomic E-state index is 0.465. The third-order valence-electron chi connectivity index (χ3n) is 3.89. The molecule has 0 bridgehead atoms. The van der Waals surface area contributed by atoms with Crippen LogP contribution < -0.4 is 10.2 Å². The van der Waals surface area contributed by atoms with E-state index in [9.17, 15) is 0 Å². The number of anilines is 1. The van der Waals surface area contributed by atoms with Crippen LogP contribution in [0.2, 0.25) is 0 Å². The summed E-state index contributed by atoms with van der Waals surface area (Å²) < 4.78 is 5.60. The topological polar surface area (TPSA) is 54.2 Å². The number of furan rings is 1. The first-order valence-corrected chi connectivity index (χ1v) is 7.55. The molecule has 3 heterocycles. The Kier molecular flexibility index (Phi) is 4.20. The fourth-order valence-electron chi connectivity index (χ4n) is 2.74. The van der Waals surface area contributed by atoms with Gasteiger partial charge in [-0.1, -0.05) is 0 Å². The Bertz CT molecular complexity index is 578. The predicted octanol–water partition coefficient (Wildman–Crippen LogP) is 2.45. The van der Waals surface area contributed by atoms with Crippen LogP contribution in [0.25, 0.3) is 0 Å². The Balaban J connectivity index is 1.56. The van der Waals surface area contributed by atoms with Crippen LogP contribution in [0.1, 0.15) is 30.1 Å². The molecule has 0 spiro atoms. The Hall–Kier alpha value is -1.88. The summed E-state index contributed by atoms with van der Waals surface area (Å²) in [6, 6.07) is 8.58. The Morgan fingerprint density at radius 2 is 2.14 bits per heavy atom. The highest BCUT2D eigenvalue weighted by molar-refractivity contribution is 5.38. The van der Waals surface area contributed by atoms with Crippen LogP contribution in [0, 0.1) is 13.8 Å². The molecule has 5 heteroatoms. The zero-order chi connectivity index (χ0) is 14.7. The summed E-state index contributed by atoms with van der Waals surface area (Å²) in [4.78, 5) is 2.31. The maximum Gasteiger partial charge on any atom is 0.151 e. The van der Waals surface area contributed by atoms with Crippen LogP contribution in [0.15, 0.2) is 28.7 Å². The summed E-state index contributed by atoms with van der Waals surface area (Å²) in [5.74, 6) is 2.94. The monoisotopic (exact) mass is 286 g/mol. The molecule has 1 N–H and O–H groups in total. The highest BCUT2D eigenvalue weighted by Crippen LogP contribution is 2.17. The molecule has 0 radical (unpaired) electrons. The van der Waals surface area contributed by atoms with Crippen molar-refractivity contribution in [3.05, 3.63) is 41.5 Å². The first kappa shape index (κ1) is 14.1. The molecular formula is C16H22N4O. The summed E-state index contributed by atoms with van der Waals surface area (Å²) in [6.45, 7) is 6.74. The van der Waals surface area contributed by atoms with Gasteiger partial charge in [0, 0.05) is 19.1 Å². The molecule has 5 nitrogen and oxygen atoms in total. The van der Waals surface area contributed by atoms with Crippen LogP contribution >= 0.6 is 0 Å². The van der Waals surface area contributed by atoms with E-state index in [1.54, 1.807) is 0 Å². The molecule has 0 amide bonds. The summed E-state index contributed by atoms with van der Waals surface area (Å²) in [5.41, 5.74) is 0.957. The second-order valence-corrected chi connectivity index (χ2v) is 5.71. The highest BCUT2D eigenvalue weighted by Gasteiger charge is 2.21. The van der Waals surface area contributed by atoms with E-state index in [2.05, 4.69) is 26.5 Å². The van der Waals surface area contributed by atoms with Crippen molar-refractivity contribution in [1.29, 1.82) is 0 Å². The van der Waals surface area contributed by atoms with E-state index < -0.39 is 0 Å². The van der Waals surface area contributed by atoms with E-state index >= 15 is 0 Å². The lowest BCUT2D eigenvalue weighted by atomic mass is 10.1. The van der Waals surface area contributed by atoms with Gasteiger partial charge in [0.2, 0.25) is 0 Å². The number of piperidine rings is 1. The SMILES string of the molecule is Cc1ccc(N2CCC[C@@H](NCc3ccc(C)o3)C2)nn1. The van der Waals surface area contributed by atoms with Gasteiger partial charge in [-0.25, -0.2) is 0 Å². The molecule has 112 valence electrons. The lowest BCUT2D eigenvalue weighted by molar-refractivity contribution is 0.389. The molecule has 2 aromatic rings. The molecular weight excluding hydrogens is 264 g/mol. The molecule has 2 aromatic heterocycles. The number of aryl methyl sites for hydroxylation is 2. The van der Waals surface area contributed by atoms with Crippen LogP contribution in [0.5, 0.6) is 0 Å². The van der Waals surface area contributed by atoms with Gasteiger partial charge in [-0.05, 0) is 51.0 Å². The van der Waals surface area contributed by atoms with E-state index in [-0.39, 0.29) is 0 Å². The van der Waals surface area contributed by atoms with Crippen molar-refractivity contribution in [1.82, 2.24) is 15.5 Å². The molecule has 0 saturated carbocycles. The lowest BCUT2D eigenvalue weighted by Gasteiger charge is -2.33. The van der Waals surface area contributed by atoms with Crippen molar-refractivity contribution < 1.29 is 4.42 Å². The Morgan fingerprint density at radius 3 is 2.86 bits per heavy atom. The lowest BCUT2D eigenvalue weighted by Crippen LogP contribution is -2.45. The van der Waals surface area contributed by atoms with E-state index in [0.29, 0.717) is 6.04 Å².